The van der Waals surface area contributed by atoms with E-state index < -0.39 is 0 Å². The van der Waals surface area contributed by atoms with E-state index in [0.29, 0.717) is 5.54 Å². The molecule has 3 heteroatoms. The number of hydrogen-bond donors (Lipinski definition) is 2. The molecule has 0 heterocycles. The molecule has 0 atom stereocenters. The molecule has 1 rings (SSSR count). The van der Waals surface area contributed by atoms with Crippen molar-refractivity contribution in [1.82, 2.24) is 9.96 Å². The third-order valence-electron chi connectivity index (χ3n) is 2.85. The van der Waals surface area contributed by atoms with Crippen LogP contribution in [0.25, 0.3) is 0 Å². The standard InChI is InChI=1S/C9H22N2Si/c1-3-10-12-11-9(2)7-5-4-6-8-9/h10-11H,3-8,12H2,1-2H3. The Kier molecular flexibility index (Phi) is 4.25. The van der Waals surface area contributed by atoms with Gasteiger partial charge in [0, 0.05) is 5.54 Å². The van der Waals surface area contributed by atoms with Gasteiger partial charge < -0.3 is 9.96 Å². The van der Waals surface area contributed by atoms with Gasteiger partial charge in [0.05, 0.1) is 0 Å². The zero-order chi connectivity index (χ0) is 8.86. The van der Waals surface area contributed by atoms with Crippen LogP contribution in [-0.2, 0) is 0 Å². The zero-order valence-corrected chi connectivity index (χ0v) is 9.86. The third kappa shape index (κ3) is 3.25. The molecule has 0 unspecified atom stereocenters. The Bertz CT molecular complexity index is 122. The summed E-state index contributed by atoms with van der Waals surface area (Å²) in [6.45, 7) is 5.68. The van der Waals surface area contributed by atoms with E-state index in [9.17, 15) is 0 Å². The van der Waals surface area contributed by atoms with Gasteiger partial charge in [0.15, 0.2) is 9.84 Å². The normalized spacial score (nSPS) is 23.5. The van der Waals surface area contributed by atoms with Crippen LogP contribution in [0.5, 0.6) is 0 Å². The predicted octanol–water partition coefficient (Wildman–Crippen LogP) is 0.907. The minimum Gasteiger partial charge on any atom is -0.331 e. The van der Waals surface area contributed by atoms with Gasteiger partial charge in [0.1, 0.15) is 0 Å². The summed E-state index contributed by atoms with van der Waals surface area (Å²) >= 11 is 0. The molecule has 2 N–H and O–H groups in total. The van der Waals surface area contributed by atoms with Crippen molar-refractivity contribution in [2.24, 2.45) is 0 Å². The lowest BCUT2D eigenvalue weighted by Gasteiger charge is -2.34. The van der Waals surface area contributed by atoms with E-state index in [1.807, 2.05) is 0 Å². The number of nitrogens with one attached hydrogen (secondary N) is 2. The van der Waals surface area contributed by atoms with Crippen LogP contribution >= 0.6 is 0 Å². The van der Waals surface area contributed by atoms with Gasteiger partial charge in [-0.3, -0.25) is 0 Å². The van der Waals surface area contributed by atoms with Crippen molar-refractivity contribution < 1.29 is 0 Å². The van der Waals surface area contributed by atoms with E-state index >= 15 is 0 Å². The highest BCUT2D eigenvalue weighted by atomic mass is 28.2. The lowest BCUT2D eigenvalue weighted by molar-refractivity contribution is 0.295. The Morgan fingerprint density at radius 3 is 2.50 bits per heavy atom. The smallest absolute Gasteiger partial charge is 0.168 e. The van der Waals surface area contributed by atoms with Gasteiger partial charge in [-0.05, 0) is 26.3 Å². The van der Waals surface area contributed by atoms with Gasteiger partial charge in [-0.25, -0.2) is 0 Å². The maximum atomic E-state index is 3.73. The van der Waals surface area contributed by atoms with Gasteiger partial charge in [-0.15, -0.1) is 0 Å². The van der Waals surface area contributed by atoms with Crippen LogP contribution in [0.15, 0.2) is 0 Å². The molecule has 1 saturated carbocycles. The second-order valence-corrected chi connectivity index (χ2v) is 5.29. The van der Waals surface area contributed by atoms with E-state index in [1.54, 1.807) is 0 Å². The Labute approximate surface area is 78.5 Å². The van der Waals surface area contributed by atoms with Crippen molar-refractivity contribution in [3.05, 3.63) is 0 Å². The first kappa shape index (κ1) is 10.2. The topological polar surface area (TPSA) is 24.1 Å². The van der Waals surface area contributed by atoms with Crippen molar-refractivity contribution in [3.8, 4) is 0 Å². The summed E-state index contributed by atoms with van der Waals surface area (Å²) < 4.78 is 0. The lowest BCUT2D eigenvalue weighted by atomic mass is 9.84. The van der Waals surface area contributed by atoms with Crippen molar-refractivity contribution in [2.75, 3.05) is 6.54 Å². The minimum absolute atomic E-state index is 0.190. The minimum atomic E-state index is -0.190. The molecule has 1 fully saturated rings. The molecule has 0 aromatic rings. The summed E-state index contributed by atoms with van der Waals surface area (Å²) in [6, 6.07) is 0. The highest BCUT2D eigenvalue weighted by Crippen LogP contribution is 2.26. The van der Waals surface area contributed by atoms with Gasteiger partial charge in [-0.1, -0.05) is 26.2 Å². The summed E-state index contributed by atoms with van der Waals surface area (Å²) in [7, 11) is -0.190. The summed E-state index contributed by atoms with van der Waals surface area (Å²) in [5.74, 6) is 0. The molecule has 12 heavy (non-hydrogen) atoms. The van der Waals surface area contributed by atoms with Gasteiger partial charge in [-0.2, -0.15) is 0 Å². The molecule has 0 amide bonds. The highest BCUT2D eigenvalue weighted by Gasteiger charge is 2.24. The summed E-state index contributed by atoms with van der Waals surface area (Å²) in [4.78, 5) is 7.18. The summed E-state index contributed by atoms with van der Waals surface area (Å²) in [5, 5.41) is 0. The Morgan fingerprint density at radius 2 is 1.92 bits per heavy atom. The quantitative estimate of drug-likeness (QED) is 0.504. The first-order valence-corrected chi connectivity index (χ1v) is 6.64. The molecule has 0 aromatic carbocycles. The Morgan fingerprint density at radius 1 is 1.25 bits per heavy atom. The molecule has 0 radical (unpaired) electrons. The fourth-order valence-electron chi connectivity index (χ4n) is 1.91. The van der Waals surface area contributed by atoms with Crippen LogP contribution in [0, 0.1) is 0 Å². The van der Waals surface area contributed by atoms with Crippen molar-refractivity contribution >= 4 is 9.84 Å². The van der Waals surface area contributed by atoms with Gasteiger partial charge in [0.25, 0.3) is 0 Å². The Hall–Kier alpha value is 0.137. The van der Waals surface area contributed by atoms with Crippen LogP contribution in [0.3, 0.4) is 0 Å². The zero-order valence-electron chi connectivity index (χ0n) is 8.45. The van der Waals surface area contributed by atoms with E-state index in [-0.39, 0.29) is 9.84 Å². The molecule has 0 spiro atoms. The SMILES string of the molecule is CCN[SiH2]NC1(C)CCCCC1. The van der Waals surface area contributed by atoms with Crippen molar-refractivity contribution in [3.63, 3.8) is 0 Å². The third-order valence-corrected chi connectivity index (χ3v) is 4.63. The van der Waals surface area contributed by atoms with Crippen LogP contribution in [0.4, 0.5) is 0 Å². The second kappa shape index (κ2) is 4.99. The molecule has 2 nitrogen and oxygen atoms in total. The van der Waals surface area contributed by atoms with E-state index in [4.69, 9.17) is 0 Å². The van der Waals surface area contributed by atoms with Crippen molar-refractivity contribution in [1.29, 1.82) is 0 Å². The first-order valence-electron chi connectivity index (χ1n) is 5.22. The molecule has 1 aliphatic rings. The predicted molar refractivity (Wildman–Crippen MR) is 56.8 cm³/mol. The molecular weight excluding hydrogens is 164 g/mol. The second-order valence-electron chi connectivity index (χ2n) is 4.08. The monoisotopic (exact) mass is 186 g/mol. The molecule has 0 bridgehead atoms. The first-order chi connectivity index (χ1) is 5.77. The maximum absolute atomic E-state index is 3.73. The van der Waals surface area contributed by atoms with E-state index in [0.717, 1.165) is 6.54 Å². The molecule has 0 saturated heterocycles. The fourth-order valence-corrected chi connectivity index (χ4v) is 3.07. The average molecular weight is 186 g/mol. The lowest BCUT2D eigenvalue weighted by Crippen LogP contribution is -2.50. The Balaban J connectivity index is 2.17. The largest absolute Gasteiger partial charge is 0.331 e. The summed E-state index contributed by atoms with van der Waals surface area (Å²) in [6.07, 6.45) is 7.05. The molecular formula is C9H22N2Si. The highest BCUT2D eigenvalue weighted by molar-refractivity contribution is 6.28. The van der Waals surface area contributed by atoms with Crippen LogP contribution in [0.1, 0.15) is 46.0 Å². The molecule has 0 aromatic heterocycles. The molecule has 0 aliphatic heterocycles. The summed E-state index contributed by atoms with van der Waals surface area (Å²) in [5.41, 5.74) is 0.479. The number of rotatable bonds is 4. The van der Waals surface area contributed by atoms with E-state index in [1.165, 1.54) is 32.1 Å². The maximum Gasteiger partial charge on any atom is 0.168 e. The van der Waals surface area contributed by atoms with Crippen molar-refractivity contribution in [2.45, 2.75) is 51.5 Å². The van der Waals surface area contributed by atoms with Gasteiger partial charge in [0.2, 0.25) is 0 Å². The molecule has 72 valence electrons. The number of hydrogen-bond acceptors (Lipinski definition) is 2. The van der Waals surface area contributed by atoms with Crippen LogP contribution in [0.2, 0.25) is 0 Å². The fraction of sp³-hybridized carbons (Fsp3) is 1.00. The average Bonchev–Trinajstić information content (AvgIpc) is 2.06. The van der Waals surface area contributed by atoms with Gasteiger partial charge >= 0.3 is 0 Å². The van der Waals surface area contributed by atoms with Crippen LogP contribution in [-0.4, -0.2) is 21.9 Å². The van der Waals surface area contributed by atoms with E-state index in [2.05, 4.69) is 23.8 Å². The van der Waals surface area contributed by atoms with Crippen LogP contribution < -0.4 is 9.96 Å². The molecule has 1 aliphatic carbocycles.